The topological polar surface area (TPSA) is 46.5 Å². The Balaban J connectivity index is 2.31. The summed E-state index contributed by atoms with van der Waals surface area (Å²) in [5, 5.41) is 9.07. The van der Waals surface area contributed by atoms with E-state index < -0.39 is 5.97 Å². The summed E-state index contributed by atoms with van der Waals surface area (Å²) in [6.45, 7) is 4.74. The van der Waals surface area contributed by atoms with Gasteiger partial charge < -0.3 is 9.84 Å². The van der Waals surface area contributed by atoms with Crippen molar-refractivity contribution in [3.63, 3.8) is 0 Å². The van der Waals surface area contributed by atoms with Crippen molar-refractivity contribution in [3.8, 4) is 16.9 Å². The number of hydrogen-bond donors (Lipinski definition) is 1. The van der Waals surface area contributed by atoms with Crippen LogP contribution in [0.2, 0.25) is 0 Å². The van der Waals surface area contributed by atoms with Gasteiger partial charge in [0.25, 0.3) is 0 Å². The lowest BCUT2D eigenvalue weighted by Crippen LogP contribution is -1.97. The average molecular weight is 270 g/mol. The maximum atomic E-state index is 11.0. The highest BCUT2D eigenvalue weighted by Crippen LogP contribution is 2.26. The van der Waals surface area contributed by atoms with Gasteiger partial charge in [-0.25, -0.2) is 4.79 Å². The lowest BCUT2D eigenvalue weighted by atomic mass is 9.98. The Morgan fingerprint density at radius 1 is 1.15 bits per heavy atom. The van der Waals surface area contributed by atoms with E-state index in [2.05, 4.69) is 6.92 Å². The van der Waals surface area contributed by atoms with Crippen LogP contribution in [-0.2, 0) is 0 Å². The first-order valence-corrected chi connectivity index (χ1v) is 6.69. The predicted molar refractivity (Wildman–Crippen MR) is 79.4 cm³/mol. The molecule has 20 heavy (non-hydrogen) atoms. The van der Waals surface area contributed by atoms with Crippen LogP contribution in [-0.4, -0.2) is 17.7 Å². The van der Waals surface area contributed by atoms with Crippen LogP contribution in [0.5, 0.6) is 5.75 Å². The van der Waals surface area contributed by atoms with E-state index in [1.165, 1.54) is 0 Å². The molecule has 3 heteroatoms. The third-order valence-electron chi connectivity index (χ3n) is 3.12. The number of aryl methyl sites for hydroxylation is 1. The van der Waals surface area contributed by atoms with Gasteiger partial charge in [-0.15, -0.1) is 0 Å². The molecule has 0 aliphatic heterocycles. The largest absolute Gasteiger partial charge is 0.494 e. The van der Waals surface area contributed by atoms with Crippen molar-refractivity contribution in [2.24, 2.45) is 0 Å². The van der Waals surface area contributed by atoms with E-state index in [0.29, 0.717) is 12.2 Å². The van der Waals surface area contributed by atoms with Crippen molar-refractivity contribution < 1.29 is 14.6 Å². The number of carboxylic acids is 1. The van der Waals surface area contributed by atoms with E-state index in [1.807, 2.05) is 37.3 Å². The minimum atomic E-state index is -0.908. The summed E-state index contributed by atoms with van der Waals surface area (Å²) in [6.07, 6.45) is 0.974. The fourth-order valence-corrected chi connectivity index (χ4v) is 2.02. The summed E-state index contributed by atoms with van der Waals surface area (Å²) < 4.78 is 5.54. The van der Waals surface area contributed by atoms with Crippen molar-refractivity contribution >= 4 is 5.97 Å². The second-order valence-corrected chi connectivity index (χ2v) is 4.71. The fourth-order valence-electron chi connectivity index (χ4n) is 2.02. The third kappa shape index (κ3) is 3.18. The lowest BCUT2D eigenvalue weighted by molar-refractivity contribution is 0.0697. The van der Waals surface area contributed by atoms with Gasteiger partial charge >= 0.3 is 5.97 Å². The molecule has 2 aromatic carbocycles. The molecule has 0 spiro atoms. The summed E-state index contributed by atoms with van der Waals surface area (Å²) in [7, 11) is 0. The molecular weight excluding hydrogens is 252 g/mol. The summed E-state index contributed by atoms with van der Waals surface area (Å²) in [5.41, 5.74) is 3.29. The Kier molecular flexibility index (Phi) is 4.41. The summed E-state index contributed by atoms with van der Waals surface area (Å²) in [5.74, 6) is -0.0724. The zero-order chi connectivity index (χ0) is 14.5. The molecule has 0 radical (unpaired) electrons. The van der Waals surface area contributed by atoms with Crippen LogP contribution < -0.4 is 4.74 Å². The molecule has 0 unspecified atom stereocenters. The number of aromatic carboxylic acids is 1. The van der Waals surface area contributed by atoms with Crippen LogP contribution >= 0.6 is 0 Å². The van der Waals surface area contributed by atoms with E-state index in [4.69, 9.17) is 9.84 Å². The van der Waals surface area contributed by atoms with Gasteiger partial charge in [-0.05, 0) is 54.3 Å². The zero-order valence-electron chi connectivity index (χ0n) is 11.7. The molecule has 0 saturated carbocycles. The van der Waals surface area contributed by atoms with Gasteiger partial charge in [0, 0.05) is 0 Å². The Labute approximate surface area is 118 Å². The molecule has 0 aromatic heterocycles. The minimum absolute atomic E-state index is 0.303. The van der Waals surface area contributed by atoms with E-state index in [-0.39, 0.29) is 0 Å². The maximum Gasteiger partial charge on any atom is 0.335 e. The minimum Gasteiger partial charge on any atom is -0.494 e. The smallest absolute Gasteiger partial charge is 0.335 e. The summed E-state index contributed by atoms with van der Waals surface area (Å²) in [4.78, 5) is 11.0. The highest BCUT2D eigenvalue weighted by atomic mass is 16.5. The van der Waals surface area contributed by atoms with Gasteiger partial charge in [0.2, 0.25) is 0 Å². The number of carbonyl (C=O) groups is 1. The summed E-state index contributed by atoms with van der Waals surface area (Å²) in [6, 6.07) is 12.9. The van der Waals surface area contributed by atoms with E-state index >= 15 is 0 Å². The van der Waals surface area contributed by atoms with Crippen molar-refractivity contribution in [1.29, 1.82) is 0 Å². The van der Waals surface area contributed by atoms with Crippen LogP contribution in [0.15, 0.2) is 42.5 Å². The highest BCUT2D eigenvalue weighted by Gasteiger charge is 2.08. The van der Waals surface area contributed by atoms with Crippen molar-refractivity contribution in [3.05, 3.63) is 53.6 Å². The van der Waals surface area contributed by atoms with E-state index in [0.717, 1.165) is 28.9 Å². The molecule has 0 saturated heterocycles. The standard InChI is InChI=1S/C17H18O3/c1-3-10-20-15-8-6-13(7-9-15)16-11-14(17(18)19)5-4-12(16)2/h4-9,11H,3,10H2,1-2H3,(H,18,19). The quantitative estimate of drug-likeness (QED) is 0.887. The molecule has 0 aliphatic carbocycles. The molecule has 0 aliphatic rings. The first kappa shape index (κ1) is 14.1. The molecule has 2 rings (SSSR count). The molecular formula is C17H18O3. The number of rotatable bonds is 5. The van der Waals surface area contributed by atoms with Crippen LogP contribution in [0, 0.1) is 6.92 Å². The molecule has 0 bridgehead atoms. The maximum absolute atomic E-state index is 11.0. The highest BCUT2D eigenvalue weighted by molar-refractivity contribution is 5.90. The van der Waals surface area contributed by atoms with Crippen molar-refractivity contribution in [2.75, 3.05) is 6.61 Å². The Morgan fingerprint density at radius 3 is 2.45 bits per heavy atom. The zero-order valence-corrected chi connectivity index (χ0v) is 11.7. The first-order valence-electron chi connectivity index (χ1n) is 6.69. The van der Waals surface area contributed by atoms with Gasteiger partial charge in [0.15, 0.2) is 0 Å². The Morgan fingerprint density at radius 2 is 1.85 bits per heavy atom. The summed E-state index contributed by atoms with van der Waals surface area (Å²) >= 11 is 0. The molecule has 0 heterocycles. The van der Waals surface area contributed by atoms with Gasteiger partial charge in [0.1, 0.15) is 5.75 Å². The molecule has 104 valence electrons. The number of hydrogen-bond acceptors (Lipinski definition) is 2. The lowest BCUT2D eigenvalue weighted by Gasteiger charge is -2.09. The normalized spacial score (nSPS) is 10.3. The Bertz CT molecular complexity index is 600. The molecule has 1 N–H and O–H groups in total. The third-order valence-corrected chi connectivity index (χ3v) is 3.12. The molecule has 0 amide bonds. The SMILES string of the molecule is CCCOc1ccc(-c2cc(C(=O)O)ccc2C)cc1. The number of benzene rings is 2. The van der Waals surface area contributed by atoms with Gasteiger partial charge in [-0.2, -0.15) is 0 Å². The second-order valence-electron chi connectivity index (χ2n) is 4.71. The number of ether oxygens (including phenoxy) is 1. The molecule has 0 fully saturated rings. The predicted octanol–water partition coefficient (Wildman–Crippen LogP) is 4.15. The monoisotopic (exact) mass is 270 g/mol. The second kappa shape index (κ2) is 6.24. The van der Waals surface area contributed by atoms with Crippen LogP contribution in [0.4, 0.5) is 0 Å². The van der Waals surface area contributed by atoms with Crippen molar-refractivity contribution in [1.82, 2.24) is 0 Å². The Hall–Kier alpha value is -2.29. The molecule has 3 nitrogen and oxygen atoms in total. The van der Waals surface area contributed by atoms with Crippen LogP contribution in [0.3, 0.4) is 0 Å². The van der Waals surface area contributed by atoms with Crippen LogP contribution in [0.1, 0.15) is 29.3 Å². The number of carboxylic acid groups (broad SMARTS) is 1. The van der Waals surface area contributed by atoms with Crippen LogP contribution in [0.25, 0.3) is 11.1 Å². The van der Waals surface area contributed by atoms with Gasteiger partial charge in [0.05, 0.1) is 12.2 Å². The van der Waals surface area contributed by atoms with E-state index in [9.17, 15) is 4.79 Å². The van der Waals surface area contributed by atoms with Gasteiger partial charge in [-0.3, -0.25) is 0 Å². The van der Waals surface area contributed by atoms with E-state index in [1.54, 1.807) is 12.1 Å². The fraction of sp³-hybridized carbons (Fsp3) is 0.235. The molecule has 0 atom stereocenters. The molecule has 2 aromatic rings. The van der Waals surface area contributed by atoms with Crippen molar-refractivity contribution in [2.45, 2.75) is 20.3 Å². The first-order chi connectivity index (χ1) is 9.61. The average Bonchev–Trinajstić information content (AvgIpc) is 2.46. The van der Waals surface area contributed by atoms with Gasteiger partial charge in [-0.1, -0.05) is 25.1 Å².